The Morgan fingerprint density at radius 2 is 1.32 bits per heavy atom. The molecule has 0 saturated heterocycles. The van der Waals surface area contributed by atoms with Gasteiger partial charge in [0, 0.05) is 36.9 Å². The van der Waals surface area contributed by atoms with Crippen molar-refractivity contribution in [1.29, 1.82) is 0 Å². The van der Waals surface area contributed by atoms with Crippen LogP contribution in [0.15, 0.2) is 85.1 Å². The molecule has 63 heavy (non-hydrogen) atoms. The number of fused-ring (bicyclic) bond motifs is 1. The molecule has 0 aliphatic carbocycles. The highest BCUT2D eigenvalue weighted by Gasteiger charge is 2.32. The number of rotatable bonds is 25. The summed E-state index contributed by atoms with van der Waals surface area (Å²) in [4.78, 5) is 94.2. The van der Waals surface area contributed by atoms with E-state index in [0.29, 0.717) is 22.4 Å². The van der Waals surface area contributed by atoms with Gasteiger partial charge in [-0.15, -0.1) is 0 Å². The van der Waals surface area contributed by atoms with E-state index in [9.17, 15) is 47.1 Å². The number of benzene rings is 3. The van der Waals surface area contributed by atoms with Crippen LogP contribution >= 0.6 is 11.8 Å². The molecule has 0 fully saturated rings. The number of nitrogens with one attached hydrogen (secondary N) is 7. The maximum Gasteiger partial charge on any atom is 0.446 e. The topological polar surface area (TPSA) is 317 Å². The molecule has 22 heteroatoms. The van der Waals surface area contributed by atoms with Crippen LogP contribution in [0, 0.1) is 0 Å². The highest BCUT2D eigenvalue weighted by atomic mass is 32.3. The summed E-state index contributed by atoms with van der Waals surface area (Å²) in [5.41, 5.74) is 8.22. The molecule has 1 aromatic heterocycles. The van der Waals surface area contributed by atoms with Crippen molar-refractivity contribution in [2.24, 2.45) is 5.73 Å². The molecule has 5 atom stereocenters. The van der Waals surface area contributed by atoms with E-state index < -0.39 is 88.4 Å². The summed E-state index contributed by atoms with van der Waals surface area (Å²) in [6.07, 6.45) is 2.72. The molecule has 0 bridgehead atoms. The molecule has 4 rings (SSSR count). The van der Waals surface area contributed by atoms with Gasteiger partial charge in [-0.25, -0.2) is 0 Å². The zero-order chi connectivity index (χ0) is 46.1. The SMILES string of the molecule is CSCC[C@H](NC(=O)[C@H](Cc1c[nH]c2ccccc12)NCNC(=O)[C@H](Cc1ccc(OS(=O)(=O)O)cc1)NC(C)=O)C(=O)N[C@@H](CC(=O)O)C(=O)N[C@@H](Cc1ccccc1)C(N)=O. The molecule has 0 saturated carbocycles. The van der Waals surface area contributed by atoms with Crippen LogP contribution in [0.3, 0.4) is 0 Å². The first-order chi connectivity index (χ1) is 29.9. The Labute approximate surface area is 367 Å². The summed E-state index contributed by atoms with van der Waals surface area (Å²) in [5, 5.41) is 26.3. The van der Waals surface area contributed by atoms with E-state index in [2.05, 4.69) is 41.1 Å². The lowest BCUT2D eigenvalue weighted by molar-refractivity contribution is -0.141. The van der Waals surface area contributed by atoms with Gasteiger partial charge < -0.3 is 46.6 Å². The number of nitrogens with two attached hydrogens (primary N) is 1. The molecule has 20 nitrogen and oxygen atoms in total. The second-order valence-corrected chi connectivity index (χ2v) is 16.3. The van der Waals surface area contributed by atoms with E-state index in [4.69, 9.17) is 10.3 Å². The van der Waals surface area contributed by atoms with Crippen LogP contribution < -0.4 is 41.8 Å². The minimum absolute atomic E-state index is 0.00678. The van der Waals surface area contributed by atoms with Crippen LogP contribution in [0.2, 0.25) is 0 Å². The van der Waals surface area contributed by atoms with Crippen molar-refractivity contribution >= 4 is 74.5 Å². The molecule has 0 unspecified atom stereocenters. The molecule has 6 amide bonds. The Morgan fingerprint density at radius 1 is 0.730 bits per heavy atom. The first-order valence-corrected chi connectivity index (χ1v) is 22.2. The fourth-order valence-corrected chi connectivity index (χ4v) is 7.26. The zero-order valence-corrected chi connectivity index (χ0v) is 35.9. The number of hydrogen-bond acceptors (Lipinski definition) is 12. The Hall–Kier alpha value is -6.49. The van der Waals surface area contributed by atoms with Crippen LogP contribution in [-0.4, -0.2) is 113 Å². The van der Waals surface area contributed by atoms with Crippen molar-refractivity contribution in [3.05, 3.63) is 102 Å². The third-order valence-corrected chi connectivity index (χ3v) is 10.5. The second kappa shape index (κ2) is 23.7. The highest BCUT2D eigenvalue weighted by Crippen LogP contribution is 2.20. The van der Waals surface area contributed by atoms with Gasteiger partial charge in [0.25, 0.3) is 0 Å². The second-order valence-electron chi connectivity index (χ2n) is 14.3. The number of primary amides is 1. The van der Waals surface area contributed by atoms with Crippen molar-refractivity contribution in [1.82, 2.24) is 36.9 Å². The van der Waals surface area contributed by atoms with E-state index in [-0.39, 0.29) is 38.1 Å². The van der Waals surface area contributed by atoms with Crippen LogP contribution in [-0.2, 0) is 63.2 Å². The van der Waals surface area contributed by atoms with Gasteiger partial charge in [0.2, 0.25) is 35.4 Å². The average molecular weight is 911 g/mol. The van der Waals surface area contributed by atoms with Gasteiger partial charge in [0.1, 0.15) is 29.9 Å². The number of H-pyrrole nitrogens is 1. The summed E-state index contributed by atoms with van der Waals surface area (Å²) in [6, 6.07) is 15.0. The number of amides is 6. The smallest absolute Gasteiger partial charge is 0.446 e. The molecule has 338 valence electrons. The van der Waals surface area contributed by atoms with Gasteiger partial charge in [0.15, 0.2) is 0 Å². The quantitative estimate of drug-likeness (QED) is 0.0311. The normalized spacial score (nSPS) is 13.6. The number of para-hydroxylation sites is 1. The molecule has 4 aromatic rings. The number of aromatic amines is 1. The van der Waals surface area contributed by atoms with Gasteiger partial charge in [-0.2, -0.15) is 20.2 Å². The number of aliphatic carboxylic acids is 1. The Kier molecular flexibility index (Phi) is 18.5. The number of carboxylic acid groups (broad SMARTS) is 1. The van der Waals surface area contributed by atoms with E-state index in [1.807, 2.05) is 24.3 Å². The number of carboxylic acids is 1. The monoisotopic (exact) mass is 910 g/mol. The average Bonchev–Trinajstić information content (AvgIpc) is 3.63. The molecule has 0 aliphatic rings. The van der Waals surface area contributed by atoms with Crippen molar-refractivity contribution in [2.45, 2.75) is 69.2 Å². The molecular weight excluding hydrogens is 861 g/mol. The molecule has 0 radical (unpaired) electrons. The van der Waals surface area contributed by atoms with E-state index in [0.717, 1.165) is 10.9 Å². The van der Waals surface area contributed by atoms with Gasteiger partial charge in [-0.3, -0.25) is 43.4 Å². The lowest BCUT2D eigenvalue weighted by atomic mass is 10.0. The minimum Gasteiger partial charge on any atom is -0.481 e. The largest absolute Gasteiger partial charge is 0.481 e. The van der Waals surface area contributed by atoms with E-state index >= 15 is 0 Å². The number of thioether (sulfide) groups is 1. The molecule has 3 aromatic carbocycles. The highest BCUT2D eigenvalue weighted by molar-refractivity contribution is 7.98. The van der Waals surface area contributed by atoms with Crippen molar-refractivity contribution < 1.29 is 55.8 Å². The van der Waals surface area contributed by atoms with Crippen LogP contribution in [0.25, 0.3) is 10.9 Å². The summed E-state index contributed by atoms with van der Waals surface area (Å²) >= 11 is 1.37. The molecular formula is C41H50N8O12S2. The fraction of sp³-hybridized carbons (Fsp3) is 0.341. The maximum atomic E-state index is 14.2. The number of carbonyl (C=O) groups excluding carboxylic acids is 6. The maximum absolute atomic E-state index is 14.2. The Balaban J connectivity index is 1.51. The van der Waals surface area contributed by atoms with Crippen molar-refractivity contribution in [2.75, 3.05) is 18.7 Å². The fourth-order valence-electron chi connectivity index (χ4n) is 6.43. The Morgan fingerprint density at radius 3 is 1.95 bits per heavy atom. The first kappa shape index (κ1) is 49.2. The third kappa shape index (κ3) is 16.4. The van der Waals surface area contributed by atoms with Gasteiger partial charge in [0.05, 0.1) is 19.1 Å². The predicted octanol–water partition coefficient (Wildman–Crippen LogP) is 0.0815. The van der Waals surface area contributed by atoms with Gasteiger partial charge in [-0.1, -0.05) is 60.7 Å². The van der Waals surface area contributed by atoms with E-state index in [1.54, 1.807) is 42.8 Å². The molecule has 1 heterocycles. The lowest BCUT2D eigenvalue weighted by Gasteiger charge is -2.26. The lowest BCUT2D eigenvalue weighted by Crippen LogP contribution is -2.59. The van der Waals surface area contributed by atoms with Crippen LogP contribution in [0.4, 0.5) is 0 Å². The first-order valence-electron chi connectivity index (χ1n) is 19.5. The van der Waals surface area contributed by atoms with E-state index in [1.165, 1.54) is 43.0 Å². The number of aromatic nitrogens is 1. The summed E-state index contributed by atoms with van der Waals surface area (Å²) in [6.45, 7) is 0.913. The van der Waals surface area contributed by atoms with Crippen LogP contribution in [0.1, 0.15) is 36.5 Å². The summed E-state index contributed by atoms with van der Waals surface area (Å²) < 4.78 is 35.5. The third-order valence-electron chi connectivity index (χ3n) is 9.48. The zero-order valence-electron chi connectivity index (χ0n) is 34.3. The van der Waals surface area contributed by atoms with Crippen molar-refractivity contribution in [3.8, 4) is 5.75 Å². The summed E-state index contributed by atoms with van der Waals surface area (Å²) in [7, 11) is -4.76. The van der Waals surface area contributed by atoms with Gasteiger partial charge >= 0.3 is 16.4 Å². The predicted molar refractivity (Wildman–Crippen MR) is 232 cm³/mol. The Bertz CT molecular complexity index is 2350. The van der Waals surface area contributed by atoms with Crippen LogP contribution in [0.5, 0.6) is 5.75 Å². The number of carbonyl (C=O) groups is 7. The standard InChI is InChI=1S/C41H50N8O12S2/c1-24(50)46-34(19-26-12-14-28(15-13-26)61-63(58,59)60)38(54)45-23-44-33(20-27-22-43-30-11-7-6-10-29(27)30)40(56)47-31(16-17-62-2)39(55)49-35(21-36(51)52)41(57)48-32(37(42)53)18-25-8-4-3-5-9-25/h3-15,22,31-35,43-44H,16-21,23H2,1-2H3,(H2,42,53)(H,45,54)(H,46,50)(H,47,56)(H,48,57)(H,49,55)(H,51,52)(H,58,59,60)/t31-,32-,33-,34-,35-/m0/s1. The van der Waals surface area contributed by atoms with Crippen molar-refractivity contribution in [3.63, 3.8) is 0 Å². The minimum atomic E-state index is -4.76. The molecule has 0 spiro atoms. The molecule has 11 N–H and O–H groups in total. The molecule has 0 aliphatic heterocycles. The number of hydrogen-bond donors (Lipinski definition) is 10. The summed E-state index contributed by atoms with van der Waals surface area (Å²) in [5.74, 6) is -5.82. The van der Waals surface area contributed by atoms with Gasteiger partial charge in [-0.05, 0) is 59.7 Å².